The average molecular weight is 308 g/mol. The molecule has 0 aliphatic carbocycles. The van der Waals surface area contributed by atoms with Crippen LogP contribution in [0.15, 0.2) is 30.3 Å². The fourth-order valence-corrected chi connectivity index (χ4v) is 1.54. The zero-order valence-electron chi connectivity index (χ0n) is 12.8. The molecule has 0 saturated carbocycles. The van der Waals surface area contributed by atoms with Crippen molar-refractivity contribution in [3.05, 3.63) is 30.3 Å². The summed E-state index contributed by atoms with van der Waals surface area (Å²) >= 11 is 0. The average Bonchev–Trinajstić information content (AvgIpc) is 2.53. The lowest BCUT2D eigenvalue weighted by atomic mass is 10.2. The molecule has 0 heterocycles. The van der Waals surface area contributed by atoms with E-state index in [9.17, 15) is 14.4 Å². The molecule has 22 heavy (non-hydrogen) atoms. The molecule has 2 N–H and O–H groups in total. The van der Waals surface area contributed by atoms with Crippen LogP contribution < -0.4 is 15.4 Å². The SMILES string of the molecule is CC[C@H](Oc1ccccc1)C(=O)O[C@H](C)C(=O)NC(=O)NC. The van der Waals surface area contributed by atoms with Crippen molar-refractivity contribution >= 4 is 17.9 Å². The number of hydrogen-bond donors (Lipinski definition) is 2. The zero-order chi connectivity index (χ0) is 16.5. The molecule has 2 atom stereocenters. The van der Waals surface area contributed by atoms with E-state index in [1.807, 2.05) is 11.4 Å². The zero-order valence-corrected chi connectivity index (χ0v) is 12.8. The Hall–Kier alpha value is -2.57. The largest absolute Gasteiger partial charge is 0.479 e. The molecule has 7 heteroatoms. The number of para-hydroxylation sites is 1. The summed E-state index contributed by atoms with van der Waals surface area (Å²) in [5, 5.41) is 4.27. The summed E-state index contributed by atoms with van der Waals surface area (Å²) in [7, 11) is 1.38. The van der Waals surface area contributed by atoms with Crippen LogP contribution in [-0.4, -0.2) is 37.2 Å². The molecule has 0 bridgehead atoms. The Kier molecular flexibility index (Phi) is 6.88. The second-order valence-corrected chi connectivity index (χ2v) is 4.48. The highest BCUT2D eigenvalue weighted by atomic mass is 16.6. The first-order valence-corrected chi connectivity index (χ1v) is 6.92. The Morgan fingerprint density at radius 1 is 1.18 bits per heavy atom. The third-order valence-electron chi connectivity index (χ3n) is 2.78. The molecular formula is C15H20N2O5. The minimum absolute atomic E-state index is 0.386. The molecule has 120 valence electrons. The number of imide groups is 1. The highest BCUT2D eigenvalue weighted by Crippen LogP contribution is 2.13. The van der Waals surface area contributed by atoms with E-state index in [-0.39, 0.29) is 0 Å². The Morgan fingerprint density at radius 2 is 1.82 bits per heavy atom. The van der Waals surface area contributed by atoms with Crippen molar-refractivity contribution in [1.82, 2.24) is 10.6 Å². The standard InChI is InChI=1S/C15H20N2O5/c1-4-12(22-11-8-6-5-7-9-11)14(19)21-10(2)13(18)17-15(20)16-3/h5-10,12H,4H2,1-3H3,(H2,16,17,18,20)/t10-,12+/m1/s1. The lowest BCUT2D eigenvalue weighted by Crippen LogP contribution is -2.44. The summed E-state index contributed by atoms with van der Waals surface area (Å²) in [5.41, 5.74) is 0. The van der Waals surface area contributed by atoms with Crippen LogP contribution in [0.5, 0.6) is 5.75 Å². The van der Waals surface area contributed by atoms with Gasteiger partial charge in [0, 0.05) is 7.05 Å². The van der Waals surface area contributed by atoms with Gasteiger partial charge in [-0.1, -0.05) is 25.1 Å². The van der Waals surface area contributed by atoms with Gasteiger partial charge in [-0.3, -0.25) is 10.1 Å². The second-order valence-electron chi connectivity index (χ2n) is 4.48. The van der Waals surface area contributed by atoms with E-state index < -0.39 is 30.1 Å². The van der Waals surface area contributed by atoms with Crippen LogP contribution in [0.4, 0.5) is 4.79 Å². The van der Waals surface area contributed by atoms with Crippen molar-refractivity contribution in [1.29, 1.82) is 0 Å². The van der Waals surface area contributed by atoms with Gasteiger partial charge in [-0.2, -0.15) is 0 Å². The van der Waals surface area contributed by atoms with Gasteiger partial charge in [-0.05, 0) is 25.5 Å². The molecule has 0 saturated heterocycles. The lowest BCUT2D eigenvalue weighted by molar-refractivity contribution is -0.161. The summed E-state index contributed by atoms with van der Waals surface area (Å²) < 4.78 is 10.5. The number of benzene rings is 1. The van der Waals surface area contributed by atoms with E-state index in [0.717, 1.165) is 0 Å². The highest BCUT2D eigenvalue weighted by Gasteiger charge is 2.26. The van der Waals surface area contributed by atoms with Gasteiger partial charge in [0.05, 0.1) is 0 Å². The lowest BCUT2D eigenvalue weighted by Gasteiger charge is -2.19. The summed E-state index contributed by atoms with van der Waals surface area (Å²) in [6.45, 7) is 3.15. The first-order valence-electron chi connectivity index (χ1n) is 6.92. The minimum atomic E-state index is -1.10. The number of nitrogens with one attached hydrogen (secondary N) is 2. The van der Waals surface area contributed by atoms with Crippen LogP contribution in [0.1, 0.15) is 20.3 Å². The van der Waals surface area contributed by atoms with E-state index in [1.165, 1.54) is 14.0 Å². The fourth-order valence-electron chi connectivity index (χ4n) is 1.54. The predicted octanol–water partition coefficient (Wildman–Crippen LogP) is 1.23. The monoisotopic (exact) mass is 308 g/mol. The number of rotatable bonds is 6. The third-order valence-corrected chi connectivity index (χ3v) is 2.78. The Bertz CT molecular complexity index is 518. The Balaban J connectivity index is 2.57. The van der Waals surface area contributed by atoms with Crippen LogP contribution in [-0.2, 0) is 14.3 Å². The molecule has 0 spiro atoms. The van der Waals surface area contributed by atoms with E-state index >= 15 is 0 Å². The van der Waals surface area contributed by atoms with Gasteiger partial charge < -0.3 is 14.8 Å². The van der Waals surface area contributed by atoms with Gasteiger partial charge in [0.1, 0.15) is 5.75 Å². The Morgan fingerprint density at radius 3 is 2.36 bits per heavy atom. The number of esters is 1. The van der Waals surface area contributed by atoms with Crippen LogP contribution in [0.25, 0.3) is 0 Å². The van der Waals surface area contributed by atoms with Crippen LogP contribution >= 0.6 is 0 Å². The molecule has 1 aromatic carbocycles. The number of urea groups is 1. The number of ether oxygens (including phenoxy) is 2. The number of carbonyl (C=O) groups is 3. The maximum absolute atomic E-state index is 12.0. The molecule has 0 unspecified atom stereocenters. The normalized spacial score (nSPS) is 12.7. The van der Waals surface area contributed by atoms with Gasteiger partial charge in [0.15, 0.2) is 12.2 Å². The van der Waals surface area contributed by atoms with E-state index in [4.69, 9.17) is 9.47 Å². The number of amides is 3. The van der Waals surface area contributed by atoms with Crippen molar-refractivity contribution < 1.29 is 23.9 Å². The summed E-state index contributed by atoms with van der Waals surface area (Å²) in [4.78, 5) is 34.7. The first-order chi connectivity index (χ1) is 10.5. The maximum atomic E-state index is 12.0. The quantitative estimate of drug-likeness (QED) is 0.771. The molecule has 0 aromatic heterocycles. The van der Waals surface area contributed by atoms with Crippen LogP contribution in [0, 0.1) is 0 Å². The maximum Gasteiger partial charge on any atom is 0.348 e. The molecule has 7 nitrogen and oxygen atoms in total. The van der Waals surface area contributed by atoms with Gasteiger partial charge >= 0.3 is 12.0 Å². The van der Waals surface area contributed by atoms with Gasteiger partial charge in [0.25, 0.3) is 5.91 Å². The first kappa shape index (κ1) is 17.5. The van der Waals surface area contributed by atoms with Crippen molar-refractivity contribution in [3.8, 4) is 5.75 Å². The second kappa shape index (κ2) is 8.66. The molecule has 1 aromatic rings. The van der Waals surface area contributed by atoms with Crippen molar-refractivity contribution in [2.45, 2.75) is 32.5 Å². The predicted molar refractivity (Wildman–Crippen MR) is 79.3 cm³/mol. The Labute approximate surface area is 129 Å². The van der Waals surface area contributed by atoms with Gasteiger partial charge in [-0.15, -0.1) is 0 Å². The minimum Gasteiger partial charge on any atom is -0.479 e. The molecule has 0 aliphatic heterocycles. The number of carbonyl (C=O) groups excluding carboxylic acids is 3. The van der Waals surface area contributed by atoms with Crippen molar-refractivity contribution in [3.63, 3.8) is 0 Å². The molecule has 1 rings (SSSR count). The summed E-state index contributed by atoms with van der Waals surface area (Å²) in [6.07, 6.45) is -1.53. The van der Waals surface area contributed by atoms with Crippen LogP contribution in [0.3, 0.4) is 0 Å². The van der Waals surface area contributed by atoms with Crippen molar-refractivity contribution in [2.75, 3.05) is 7.05 Å². The molecule has 0 radical (unpaired) electrons. The summed E-state index contributed by atoms with van der Waals surface area (Å²) in [5.74, 6) is -0.832. The topological polar surface area (TPSA) is 93.7 Å². The fraction of sp³-hybridized carbons (Fsp3) is 0.400. The molecule has 0 aliphatic rings. The van der Waals surface area contributed by atoms with E-state index in [1.54, 1.807) is 31.2 Å². The van der Waals surface area contributed by atoms with Crippen molar-refractivity contribution in [2.24, 2.45) is 0 Å². The van der Waals surface area contributed by atoms with Gasteiger partial charge in [-0.25, -0.2) is 9.59 Å². The van der Waals surface area contributed by atoms with Crippen LogP contribution in [0.2, 0.25) is 0 Å². The van der Waals surface area contributed by atoms with Gasteiger partial charge in [0.2, 0.25) is 0 Å². The third kappa shape index (κ3) is 5.43. The smallest absolute Gasteiger partial charge is 0.348 e. The van der Waals surface area contributed by atoms with E-state index in [0.29, 0.717) is 12.2 Å². The highest BCUT2D eigenvalue weighted by molar-refractivity contribution is 5.97. The molecule has 0 fully saturated rings. The number of hydrogen-bond acceptors (Lipinski definition) is 5. The summed E-state index contributed by atoms with van der Waals surface area (Å²) in [6, 6.07) is 8.17. The molecular weight excluding hydrogens is 288 g/mol. The molecule has 3 amide bonds. The van der Waals surface area contributed by atoms with E-state index in [2.05, 4.69) is 5.32 Å².